The lowest BCUT2D eigenvalue weighted by Gasteiger charge is -2.37. The Hall–Kier alpha value is -2.52. The van der Waals surface area contributed by atoms with Gasteiger partial charge in [-0.15, -0.1) is 0 Å². The molecule has 3 rings (SSSR count). The summed E-state index contributed by atoms with van der Waals surface area (Å²) in [6.45, 7) is 8.88. The van der Waals surface area contributed by atoms with Gasteiger partial charge in [-0.2, -0.15) is 5.26 Å². The zero-order valence-corrected chi connectivity index (χ0v) is 20.5. The van der Waals surface area contributed by atoms with Crippen molar-refractivity contribution in [1.82, 2.24) is 4.98 Å². The predicted molar refractivity (Wildman–Crippen MR) is 130 cm³/mol. The van der Waals surface area contributed by atoms with Crippen LogP contribution in [-0.4, -0.2) is 23.3 Å². The van der Waals surface area contributed by atoms with Crippen molar-refractivity contribution in [2.75, 3.05) is 12.4 Å². The summed E-state index contributed by atoms with van der Waals surface area (Å²) in [5, 5.41) is 13.1. The van der Waals surface area contributed by atoms with E-state index in [9.17, 15) is 10.1 Å². The molecule has 0 bridgehead atoms. The minimum atomic E-state index is -0.354. The summed E-state index contributed by atoms with van der Waals surface area (Å²) in [4.78, 5) is 17.9. The third-order valence-electron chi connectivity index (χ3n) is 6.77. The Labute approximate surface area is 196 Å². The van der Waals surface area contributed by atoms with Crippen molar-refractivity contribution < 1.29 is 9.53 Å². The van der Waals surface area contributed by atoms with E-state index < -0.39 is 0 Å². The fourth-order valence-corrected chi connectivity index (χ4v) is 5.19. The molecular formula is C26H33N3O2S. The van der Waals surface area contributed by atoms with Crippen LogP contribution in [0.4, 0.5) is 5.69 Å². The lowest BCUT2D eigenvalue weighted by atomic mass is 9.69. The second-order valence-electron chi connectivity index (χ2n) is 9.04. The Balaban J connectivity index is 1.80. The number of hydrogen-bond acceptors (Lipinski definition) is 5. The normalized spacial score (nSPS) is 16.6. The Bertz CT molecular complexity index is 1010. The van der Waals surface area contributed by atoms with Crippen LogP contribution in [0, 0.1) is 22.7 Å². The standard InChI is InChI=1S/C26H33N3O2S/c1-6-23(24(30)28-21-10-8-9-11-22(21)31-5)32-25-18(16-27)14-17-15-19(26(3,4)7-2)12-13-20(17)29-25/h8-11,14,19,23H,6-7,12-13,15H2,1-5H3,(H,28,30). The van der Waals surface area contributed by atoms with Gasteiger partial charge >= 0.3 is 0 Å². The van der Waals surface area contributed by atoms with Gasteiger partial charge in [-0.05, 0) is 60.8 Å². The van der Waals surface area contributed by atoms with Crippen LogP contribution < -0.4 is 10.1 Å². The lowest BCUT2D eigenvalue weighted by Crippen LogP contribution is -2.29. The van der Waals surface area contributed by atoms with Gasteiger partial charge in [-0.25, -0.2) is 4.98 Å². The van der Waals surface area contributed by atoms with Crippen LogP contribution in [0.2, 0.25) is 0 Å². The van der Waals surface area contributed by atoms with Gasteiger partial charge in [-0.3, -0.25) is 4.79 Å². The molecule has 0 saturated carbocycles. The third-order valence-corrected chi connectivity index (χ3v) is 8.14. The number of ether oxygens (including phenoxy) is 1. The number of nitriles is 1. The van der Waals surface area contributed by atoms with Gasteiger partial charge in [0, 0.05) is 5.69 Å². The summed E-state index contributed by atoms with van der Waals surface area (Å²) >= 11 is 1.38. The Morgan fingerprint density at radius 2 is 2.12 bits per heavy atom. The SMILES string of the molecule is CCC(Sc1nc2c(cc1C#N)CC(C(C)(C)CC)CC2)C(=O)Nc1ccccc1OC. The van der Waals surface area contributed by atoms with Gasteiger partial charge in [0.2, 0.25) is 5.91 Å². The highest BCUT2D eigenvalue weighted by Gasteiger charge is 2.32. The summed E-state index contributed by atoms with van der Waals surface area (Å²) in [5.41, 5.74) is 3.75. The van der Waals surface area contributed by atoms with Crippen molar-refractivity contribution in [1.29, 1.82) is 5.26 Å². The van der Waals surface area contributed by atoms with Crippen molar-refractivity contribution in [2.45, 2.75) is 70.1 Å². The molecule has 2 unspecified atom stereocenters. The number of methoxy groups -OCH3 is 1. The number of pyridine rings is 1. The zero-order chi connectivity index (χ0) is 23.3. The van der Waals surface area contributed by atoms with Crippen LogP contribution in [0.25, 0.3) is 0 Å². The molecule has 1 aromatic carbocycles. The first-order chi connectivity index (χ1) is 15.3. The second kappa shape index (κ2) is 10.4. The fraction of sp³-hybridized carbons (Fsp3) is 0.500. The van der Waals surface area contributed by atoms with Gasteiger partial charge in [0.25, 0.3) is 0 Å². The number of anilines is 1. The molecule has 0 fully saturated rings. The number of benzene rings is 1. The van der Waals surface area contributed by atoms with Crippen LogP contribution in [0.3, 0.4) is 0 Å². The summed E-state index contributed by atoms with van der Waals surface area (Å²) in [5.74, 6) is 1.10. The first kappa shape index (κ1) is 24.1. The second-order valence-corrected chi connectivity index (χ2v) is 10.2. The predicted octanol–water partition coefficient (Wildman–Crippen LogP) is 6.01. The maximum atomic E-state index is 13.0. The van der Waals surface area contributed by atoms with Gasteiger partial charge in [0.15, 0.2) is 0 Å². The number of rotatable bonds is 8. The number of para-hydroxylation sites is 2. The molecule has 1 amide bonds. The molecular weight excluding hydrogens is 418 g/mol. The summed E-state index contributed by atoms with van der Waals surface area (Å²) in [7, 11) is 1.58. The van der Waals surface area contributed by atoms with Crippen molar-refractivity contribution in [3.05, 3.63) is 47.2 Å². The molecule has 1 N–H and O–H groups in total. The molecule has 0 saturated heterocycles. The molecule has 0 radical (unpaired) electrons. The maximum Gasteiger partial charge on any atom is 0.238 e. The van der Waals surface area contributed by atoms with Gasteiger partial charge in [0.1, 0.15) is 16.8 Å². The fourth-order valence-electron chi connectivity index (χ4n) is 4.19. The largest absolute Gasteiger partial charge is 0.495 e. The van der Waals surface area contributed by atoms with E-state index in [0.29, 0.717) is 34.4 Å². The Kier molecular flexibility index (Phi) is 7.84. The van der Waals surface area contributed by atoms with E-state index in [0.717, 1.165) is 31.4 Å². The molecule has 1 aromatic heterocycles. The number of aryl methyl sites for hydroxylation is 1. The smallest absolute Gasteiger partial charge is 0.238 e. The monoisotopic (exact) mass is 451 g/mol. The van der Waals surface area contributed by atoms with Gasteiger partial charge in [0.05, 0.1) is 23.6 Å². The number of thioether (sulfide) groups is 1. The zero-order valence-electron chi connectivity index (χ0n) is 19.7. The summed E-state index contributed by atoms with van der Waals surface area (Å²) in [6, 6.07) is 11.7. The van der Waals surface area contributed by atoms with Crippen LogP contribution in [0.1, 0.15) is 63.8 Å². The van der Waals surface area contributed by atoms with Crippen LogP contribution in [0.15, 0.2) is 35.4 Å². The summed E-state index contributed by atoms with van der Waals surface area (Å²) < 4.78 is 5.34. The molecule has 6 heteroatoms. The highest BCUT2D eigenvalue weighted by molar-refractivity contribution is 8.00. The number of aromatic nitrogens is 1. The number of carbonyl (C=O) groups excluding carboxylic acids is 1. The maximum absolute atomic E-state index is 13.0. The Morgan fingerprint density at radius 1 is 1.38 bits per heavy atom. The number of nitrogens with zero attached hydrogens (tertiary/aromatic N) is 2. The van der Waals surface area contributed by atoms with E-state index in [2.05, 4.69) is 32.2 Å². The molecule has 1 aliphatic rings. The molecule has 2 atom stereocenters. The van der Waals surface area contributed by atoms with Gasteiger partial charge < -0.3 is 10.1 Å². The highest BCUT2D eigenvalue weighted by atomic mass is 32.2. The topological polar surface area (TPSA) is 75.0 Å². The van der Waals surface area contributed by atoms with E-state index in [1.165, 1.54) is 17.3 Å². The third kappa shape index (κ3) is 5.27. The quantitative estimate of drug-likeness (QED) is 0.497. The first-order valence-electron chi connectivity index (χ1n) is 11.4. The molecule has 2 aromatic rings. The van der Waals surface area contributed by atoms with Crippen LogP contribution in [-0.2, 0) is 17.6 Å². The molecule has 170 valence electrons. The van der Waals surface area contributed by atoms with E-state index in [-0.39, 0.29) is 16.6 Å². The number of nitrogens with one attached hydrogen (secondary N) is 1. The van der Waals surface area contributed by atoms with Crippen molar-refractivity contribution in [3.8, 4) is 11.8 Å². The molecule has 32 heavy (non-hydrogen) atoms. The van der Waals surface area contributed by atoms with Crippen molar-refractivity contribution in [3.63, 3.8) is 0 Å². The number of amides is 1. The Morgan fingerprint density at radius 3 is 2.78 bits per heavy atom. The summed E-state index contributed by atoms with van der Waals surface area (Å²) in [6.07, 6.45) is 4.77. The van der Waals surface area contributed by atoms with E-state index in [1.807, 2.05) is 37.3 Å². The van der Waals surface area contributed by atoms with Crippen LogP contribution in [0.5, 0.6) is 5.75 Å². The first-order valence-corrected chi connectivity index (χ1v) is 12.2. The van der Waals surface area contributed by atoms with Crippen molar-refractivity contribution >= 4 is 23.4 Å². The highest BCUT2D eigenvalue weighted by Crippen LogP contribution is 2.40. The molecule has 1 heterocycles. The molecule has 5 nitrogen and oxygen atoms in total. The molecule has 0 spiro atoms. The minimum absolute atomic E-state index is 0.116. The van der Waals surface area contributed by atoms with Crippen molar-refractivity contribution in [2.24, 2.45) is 11.3 Å². The number of carbonyl (C=O) groups is 1. The van der Waals surface area contributed by atoms with E-state index in [1.54, 1.807) is 7.11 Å². The molecule has 0 aliphatic heterocycles. The van der Waals surface area contributed by atoms with Gasteiger partial charge in [-0.1, -0.05) is 58.0 Å². The minimum Gasteiger partial charge on any atom is -0.495 e. The van der Waals surface area contributed by atoms with E-state index in [4.69, 9.17) is 9.72 Å². The average Bonchev–Trinajstić information content (AvgIpc) is 2.81. The average molecular weight is 452 g/mol. The molecule has 1 aliphatic carbocycles. The lowest BCUT2D eigenvalue weighted by molar-refractivity contribution is -0.115. The number of hydrogen-bond donors (Lipinski definition) is 1. The number of fused-ring (bicyclic) bond motifs is 1. The van der Waals surface area contributed by atoms with Crippen LogP contribution >= 0.6 is 11.8 Å². The van der Waals surface area contributed by atoms with E-state index >= 15 is 0 Å².